The molecule has 24 heavy (non-hydrogen) atoms. The molecule has 0 saturated heterocycles. The summed E-state index contributed by atoms with van der Waals surface area (Å²) in [6.45, 7) is 1.80. The first-order valence-corrected chi connectivity index (χ1v) is 7.59. The Balaban J connectivity index is 1.79. The number of aromatic nitrogens is 1. The number of methoxy groups -OCH3 is 1. The van der Waals surface area contributed by atoms with E-state index < -0.39 is 0 Å². The molecule has 5 nitrogen and oxygen atoms in total. The molecule has 0 unspecified atom stereocenters. The first kappa shape index (κ1) is 15.8. The van der Waals surface area contributed by atoms with E-state index in [1.54, 1.807) is 7.11 Å². The van der Waals surface area contributed by atoms with Crippen LogP contribution in [0, 0.1) is 6.92 Å². The van der Waals surface area contributed by atoms with Gasteiger partial charge in [0.05, 0.1) is 7.11 Å². The number of anilines is 1. The molecule has 0 aliphatic carbocycles. The van der Waals surface area contributed by atoms with Gasteiger partial charge in [0.25, 0.3) is 5.91 Å². The van der Waals surface area contributed by atoms with Crippen molar-refractivity contribution in [3.8, 4) is 11.5 Å². The Bertz CT molecular complexity index is 863. The van der Waals surface area contributed by atoms with Crippen molar-refractivity contribution < 1.29 is 14.3 Å². The van der Waals surface area contributed by atoms with E-state index in [4.69, 9.17) is 9.47 Å². The second kappa shape index (κ2) is 7.00. The zero-order chi connectivity index (χ0) is 16.9. The molecule has 1 heterocycles. The third-order valence-corrected chi connectivity index (χ3v) is 3.53. The van der Waals surface area contributed by atoms with E-state index in [-0.39, 0.29) is 12.5 Å². The first-order valence-electron chi connectivity index (χ1n) is 7.59. The van der Waals surface area contributed by atoms with Crippen molar-refractivity contribution in [2.24, 2.45) is 0 Å². The summed E-state index contributed by atoms with van der Waals surface area (Å²) < 4.78 is 11.1. The number of hydrogen-bond acceptors (Lipinski definition) is 4. The lowest BCUT2D eigenvalue weighted by Gasteiger charge is -2.12. The van der Waals surface area contributed by atoms with Gasteiger partial charge in [0, 0.05) is 22.8 Å². The SMILES string of the molecule is COc1cccc2c(OCC(=O)Nc3ccccc3)cc(C)nc12. The number of rotatable bonds is 5. The van der Waals surface area contributed by atoms with E-state index in [1.807, 2.05) is 61.5 Å². The predicted octanol–water partition coefficient (Wildman–Crippen LogP) is 3.57. The van der Waals surface area contributed by atoms with Gasteiger partial charge in [0.2, 0.25) is 0 Å². The smallest absolute Gasteiger partial charge is 0.262 e. The highest BCUT2D eigenvalue weighted by molar-refractivity contribution is 5.93. The summed E-state index contributed by atoms with van der Waals surface area (Å²) in [5.41, 5.74) is 2.26. The molecular weight excluding hydrogens is 304 g/mol. The molecule has 0 aliphatic heterocycles. The van der Waals surface area contributed by atoms with Gasteiger partial charge < -0.3 is 14.8 Å². The second-order valence-corrected chi connectivity index (χ2v) is 5.32. The number of nitrogens with zero attached hydrogens (tertiary/aromatic N) is 1. The van der Waals surface area contributed by atoms with Gasteiger partial charge in [-0.05, 0) is 31.2 Å². The Morgan fingerprint density at radius 3 is 2.62 bits per heavy atom. The van der Waals surface area contributed by atoms with Crippen LogP contribution in [0.25, 0.3) is 10.9 Å². The minimum Gasteiger partial charge on any atom is -0.494 e. The van der Waals surface area contributed by atoms with E-state index >= 15 is 0 Å². The lowest BCUT2D eigenvalue weighted by molar-refractivity contribution is -0.118. The number of amides is 1. The highest BCUT2D eigenvalue weighted by atomic mass is 16.5. The van der Waals surface area contributed by atoms with Crippen LogP contribution < -0.4 is 14.8 Å². The van der Waals surface area contributed by atoms with Crippen molar-refractivity contribution in [2.45, 2.75) is 6.92 Å². The first-order chi connectivity index (χ1) is 11.7. The van der Waals surface area contributed by atoms with E-state index in [1.165, 1.54) is 0 Å². The van der Waals surface area contributed by atoms with E-state index in [9.17, 15) is 4.79 Å². The van der Waals surface area contributed by atoms with Crippen molar-refractivity contribution in [1.82, 2.24) is 4.98 Å². The molecule has 3 rings (SSSR count). The number of para-hydroxylation sites is 2. The van der Waals surface area contributed by atoms with E-state index in [0.717, 1.165) is 22.3 Å². The molecule has 3 aromatic rings. The standard InChI is InChI=1S/C19H18N2O3/c1-13-11-17(15-9-6-10-16(23-2)19(15)20-13)24-12-18(22)21-14-7-4-3-5-8-14/h3-11H,12H2,1-2H3,(H,21,22). The average molecular weight is 322 g/mol. The summed E-state index contributed by atoms with van der Waals surface area (Å²) in [5, 5.41) is 3.61. The van der Waals surface area contributed by atoms with Gasteiger partial charge >= 0.3 is 0 Å². The molecule has 2 aromatic carbocycles. The summed E-state index contributed by atoms with van der Waals surface area (Å²) >= 11 is 0. The fourth-order valence-electron chi connectivity index (χ4n) is 2.46. The van der Waals surface area contributed by atoms with Gasteiger partial charge in [-0.3, -0.25) is 4.79 Å². The summed E-state index contributed by atoms with van der Waals surface area (Å²) in [5.74, 6) is 1.07. The van der Waals surface area contributed by atoms with Gasteiger partial charge in [-0.15, -0.1) is 0 Å². The van der Waals surface area contributed by atoms with Crippen molar-refractivity contribution in [3.63, 3.8) is 0 Å². The number of carbonyl (C=O) groups is 1. The van der Waals surface area contributed by atoms with Crippen LogP contribution in [0.3, 0.4) is 0 Å². The molecule has 0 atom stereocenters. The van der Waals surface area contributed by atoms with Crippen molar-refractivity contribution in [1.29, 1.82) is 0 Å². The molecular formula is C19H18N2O3. The zero-order valence-electron chi connectivity index (χ0n) is 13.6. The topological polar surface area (TPSA) is 60.5 Å². The number of pyridine rings is 1. The Labute approximate surface area is 140 Å². The lowest BCUT2D eigenvalue weighted by atomic mass is 10.1. The largest absolute Gasteiger partial charge is 0.494 e. The zero-order valence-corrected chi connectivity index (χ0v) is 13.6. The van der Waals surface area contributed by atoms with Gasteiger partial charge in [0.15, 0.2) is 6.61 Å². The minimum absolute atomic E-state index is 0.0787. The number of fused-ring (bicyclic) bond motifs is 1. The molecule has 1 aromatic heterocycles. The van der Waals surface area contributed by atoms with Crippen LogP contribution in [0.4, 0.5) is 5.69 Å². The van der Waals surface area contributed by atoms with Crippen LogP contribution in [0.2, 0.25) is 0 Å². The van der Waals surface area contributed by atoms with Gasteiger partial charge in [-0.25, -0.2) is 4.98 Å². The summed E-state index contributed by atoms with van der Waals surface area (Å²) in [4.78, 5) is 16.5. The second-order valence-electron chi connectivity index (χ2n) is 5.32. The molecule has 0 spiro atoms. The fraction of sp³-hybridized carbons (Fsp3) is 0.158. The molecule has 1 amide bonds. The molecule has 5 heteroatoms. The molecule has 0 radical (unpaired) electrons. The number of nitrogens with one attached hydrogen (secondary N) is 1. The monoisotopic (exact) mass is 322 g/mol. The Kier molecular flexibility index (Phi) is 4.61. The fourth-order valence-corrected chi connectivity index (χ4v) is 2.46. The van der Waals surface area contributed by atoms with Crippen LogP contribution in [-0.4, -0.2) is 24.6 Å². The van der Waals surface area contributed by atoms with Crippen LogP contribution in [0.1, 0.15) is 5.69 Å². The van der Waals surface area contributed by atoms with Crippen LogP contribution in [-0.2, 0) is 4.79 Å². The molecule has 122 valence electrons. The molecule has 0 saturated carbocycles. The molecule has 1 N–H and O–H groups in total. The summed E-state index contributed by atoms with van der Waals surface area (Å²) in [6, 6.07) is 16.7. The predicted molar refractivity (Wildman–Crippen MR) is 93.6 cm³/mol. The van der Waals surface area contributed by atoms with Gasteiger partial charge in [0.1, 0.15) is 17.0 Å². The van der Waals surface area contributed by atoms with E-state index in [2.05, 4.69) is 10.3 Å². The number of aryl methyl sites for hydroxylation is 1. The van der Waals surface area contributed by atoms with Crippen LogP contribution in [0.5, 0.6) is 11.5 Å². The van der Waals surface area contributed by atoms with Crippen molar-refractivity contribution in [2.75, 3.05) is 19.0 Å². The highest BCUT2D eigenvalue weighted by Gasteiger charge is 2.11. The minimum atomic E-state index is -0.216. The number of carbonyl (C=O) groups excluding carboxylic acids is 1. The normalized spacial score (nSPS) is 10.4. The Hall–Kier alpha value is -3.08. The average Bonchev–Trinajstić information content (AvgIpc) is 2.60. The summed E-state index contributed by atoms with van der Waals surface area (Å²) in [7, 11) is 1.60. The number of hydrogen-bond donors (Lipinski definition) is 1. The maximum atomic E-state index is 12.1. The molecule has 0 aliphatic rings. The lowest BCUT2D eigenvalue weighted by Crippen LogP contribution is -2.20. The quantitative estimate of drug-likeness (QED) is 0.780. The van der Waals surface area contributed by atoms with Crippen molar-refractivity contribution in [3.05, 3.63) is 60.3 Å². The molecule has 0 bridgehead atoms. The molecule has 0 fully saturated rings. The third kappa shape index (κ3) is 3.46. The van der Waals surface area contributed by atoms with Crippen LogP contribution in [0.15, 0.2) is 54.6 Å². The van der Waals surface area contributed by atoms with Gasteiger partial charge in [-0.1, -0.05) is 24.3 Å². The third-order valence-electron chi connectivity index (χ3n) is 3.53. The highest BCUT2D eigenvalue weighted by Crippen LogP contribution is 2.31. The number of ether oxygens (including phenoxy) is 2. The van der Waals surface area contributed by atoms with E-state index in [0.29, 0.717) is 11.5 Å². The summed E-state index contributed by atoms with van der Waals surface area (Å²) in [6.07, 6.45) is 0. The maximum Gasteiger partial charge on any atom is 0.262 e. The maximum absolute atomic E-state index is 12.1. The Morgan fingerprint density at radius 1 is 1.08 bits per heavy atom. The Morgan fingerprint density at radius 2 is 1.88 bits per heavy atom. The number of benzene rings is 2. The van der Waals surface area contributed by atoms with Gasteiger partial charge in [-0.2, -0.15) is 0 Å². The van der Waals surface area contributed by atoms with Crippen LogP contribution >= 0.6 is 0 Å². The van der Waals surface area contributed by atoms with Crippen molar-refractivity contribution >= 4 is 22.5 Å².